The lowest BCUT2D eigenvalue weighted by Crippen LogP contribution is -2.26. The molecule has 1 atom stereocenters. The van der Waals surface area contributed by atoms with Crippen LogP contribution in [-0.2, 0) is 6.54 Å². The number of hydrogen-bond donors (Lipinski definition) is 2. The van der Waals surface area contributed by atoms with E-state index < -0.39 is 0 Å². The summed E-state index contributed by atoms with van der Waals surface area (Å²) in [4.78, 5) is 12.0. The number of nitrogens with zero attached hydrogens (tertiary/aromatic N) is 2. The second-order valence-corrected chi connectivity index (χ2v) is 5.76. The fourth-order valence-corrected chi connectivity index (χ4v) is 2.06. The molecule has 6 heteroatoms. The number of nitrogens with one attached hydrogen (secondary N) is 1. The van der Waals surface area contributed by atoms with Gasteiger partial charge in [-0.2, -0.15) is 5.10 Å². The normalized spacial score (nSPS) is 16.6. The summed E-state index contributed by atoms with van der Waals surface area (Å²) in [7, 11) is 0. The van der Waals surface area contributed by atoms with Gasteiger partial charge in [0.25, 0.3) is 5.56 Å². The van der Waals surface area contributed by atoms with E-state index in [2.05, 4.69) is 26.3 Å². The van der Waals surface area contributed by atoms with Crippen LogP contribution in [-0.4, -0.2) is 28.0 Å². The number of aliphatic hydroxyl groups is 1. The molecule has 0 aromatic carbocycles. The predicted octanol–water partition coefficient (Wildman–Crippen LogP) is 1.46. The molecule has 0 amide bonds. The summed E-state index contributed by atoms with van der Waals surface area (Å²) in [5.74, 6) is 0.765. The Morgan fingerprint density at radius 3 is 3.00 bits per heavy atom. The van der Waals surface area contributed by atoms with Gasteiger partial charge in [-0.3, -0.25) is 4.79 Å². The largest absolute Gasteiger partial charge is 0.396 e. The van der Waals surface area contributed by atoms with Crippen LogP contribution in [0, 0.1) is 11.8 Å². The van der Waals surface area contributed by atoms with Gasteiger partial charge in [0.1, 0.15) is 4.47 Å². The van der Waals surface area contributed by atoms with Crippen molar-refractivity contribution in [1.29, 1.82) is 0 Å². The number of halogens is 1. The quantitative estimate of drug-likeness (QED) is 0.834. The Balaban J connectivity index is 2.07. The van der Waals surface area contributed by atoms with Gasteiger partial charge in [0, 0.05) is 19.7 Å². The van der Waals surface area contributed by atoms with Gasteiger partial charge in [-0.1, -0.05) is 6.92 Å². The van der Waals surface area contributed by atoms with Crippen molar-refractivity contribution in [1.82, 2.24) is 9.78 Å². The lowest BCUT2D eigenvalue weighted by Gasteiger charge is -2.12. The third-order valence-electron chi connectivity index (χ3n) is 3.07. The van der Waals surface area contributed by atoms with Crippen LogP contribution in [0.4, 0.5) is 5.69 Å². The number of aromatic nitrogens is 2. The fourth-order valence-electron chi connectivity index (χ4n) is 1.61. The Bertz CT molecular complexity index is 471. The van der Waals surface area contributed by atoms with E-state index in [4.69, 9.17) is 5.11 Å². The molecule has 0 aliphatic heterocycles. The van der Waals surface area contributed by atoms with Crippen molar-refractivity contribution in [3.05, 3.63) is 21.0 Å². The number of anilines is 1. The van der Waals surface area contributed by atoms with Gasteiger partial charge in [0.15, 0.2) is 0 Å². The van der Waals surface area contributed by atoms with Crippen LogP contribution in [0.2, 0.25) is 0 Å². The Hall–Kier alpha value is -0.880. The summed E-state index contributed by atoms with van der Waals surface area (Å²) in [6.07, 6.45) is 4.05. The van der Waals surface area contributed by atoms with Crippen LogP contribution in [0.3, 0.4) is 0 Å². The summed E-state index contributed by atoms with van der Waals surface area (Å²) < 4.78 is 2.03. The summed E-state index contributed by atoms with van der Waals surface area (Å²) in [5.41, 5.74) is 0.593. The maximum absolute atomic E-state index is 12.0. The third-order valence-corrected chi connectivity index (χ3v) is 3.83. The highest BCUT2D eigenvalue weighted by Gasteiger charge is 2.23. The molecule has 18 heavy (non-hydrogen) atoms. The zero-order valence-corrected chi connectivity index (χ0v) is 12.0. The first-order valence-electron chi connectivity index (χ1n) is 6.22. The minimum absolute atomic E-state index is 0.0939. The summed E-state index contributed by atoms with van der Waals surface area (Å²) in [6.45, 7) is 3.38. The van der Waals surface area contributed by atoms with Crippen LogP contribution in [0.25, 0.3) is 0 Å². The highest BCUT2D eigenvalue weighted by molar-refractivity contribution is 9.10. The van der Waals surface area contributed by atoms with E-state index in [1.807, 2.05) is 6.92 Å². The van der Waals surface area contributed by atoms with Crippen LogP contribution in [0.1, 0.15) is 19.8 Å². The molecule has 0 spiro atoms. The molecule has 1 fully saturated rings. The van der Waals surface area contributed by atoms with Crippen molar-refractivity contribution in [3.8, 4) is 0 Å². The molecule has 2 N–H and O–H groups in total. The second-order valence-electron chi connectivity index (χ2n) is 4.97. The highest BCUT2D eigenvalue weighted by Crippen LogP contribution is 2.30. The molecule has 2 rings (SSSR count). The van der Waals surface area contributed by atoms with E-state index in [-0.39, 0.29) is 18.1 Å². The zero-order chi connectivity index (χ0) is 13.1. The van der Waals surface area contributed by atoms with E-state index >= 15 is 0 Å². The molecule has 0 saturated heterocycles. The summed E-state index contributed by atoms with van der Waals surface area (Å²) in [5, 5.41) is 16.2. The van der Waals surface area contributed by atoms with Crippen molar-refractivity contribution in [2.45, 2.75) is 26.3 Å². The summed E-state index contributed by atoms with van der Waals surface area (Å²) >= 11 is 3.32. The van der Waals surface area contributed by atoms with Gasteiger partial charge >= 0.3 is 0 Å². The molecule has 100 valence electrons. The van der Waals surface area contributed by atoms with Gasteiger partial charge in [0.2, 0.25) is 0 Å². The van der Waals surface area contributed by atoms with Crippen molar-refractivity contribution < 1.29 is 5.11 Å². The molecule has 0 radical (unpaired) electrons. The molecule has 0 bridgehead atoms. The molecular weight excluding hydrogens is 298 g/mol. The minimum atomic E-state index is -0.0939. The Labute approximate surface area is 114 Å². The first-order chi connectivity index (χ1) is 8.61. The van der Waals surface area contributed by atoms with E-state index in [1.54, 1.807) is 6.20 Å². The maximum Gasteiger partial charge on any atom is 0.283 e. The van der Waals surface area contributed by atoms with Gasteiger partial charge in [-0.15, -0.1) is 0 Å². The van der Waals surface area contributed by atoms with E-state index in [1.165, 1.54) is 17.5 Å². The molecule has 1 saturated carbocycles. The first kappa shape index (κ1) is 13.5. The topological polar surface area (TPSA) is 67.2 Å². The van der Waals surface area contributed by atoms with Gasteiger partial charge in [0.05, 0.1) is 11.9 Å². The minimum Gasteiger partial charge on any atom is -0.396 e. The number of aliphatic hydroxyl groups excluding tert-OH is 1. The number of rotatable bonds is 6. The van der Waals surface area contributed by atoms with Gasteiger partial charge in [-0.25, -0.2) is 4.68 Å². The molecule has 1 aliphatic carbocycles. The van der Waals surface area contributed by atoms with E-state index in [0.717, 1.165) is 0 Å². The van der Waals surface area contributed by atoms with Crippen molar-refractivity contribution >= 4 is 21.6 Å². The van der Waals surface area contributed by atoms with Crippen molar-refractivity contribution in [2.75, 3.05) is 18.5 Å². The maximum atomic E-state index is 12.0. The van der Waals surface area contributed by atoms with Crippen LogP contribution < -0.4 is 10.9 Å². The Morgan fingerprint density at radius 1 is 1.67 bits per heavy atom. The van der Waals surface area contributed by atoms with Crippen LogP contribution >= 0.6 is 15.9 Å². The molecule has 1 unspecified atom stereocenters. The van der Waals surface area contributed by atoms with E-state index in [9.17, 15) is 4.79 Å². The highest BCUT2D eigenvalue weighted by atomic mass is 79.9. The monoisotopic (exact) mass is 315 g/mol. The smallest absolute Gasteiger partial charge is 0.283 e. The molecule has 1 aromatic rings. The van der Waals surface area contributed by atoms with Crippen LogP contribution in [0.15, 0.2) is 15.5 Å². The fraction of sp³-hybridized carbons (Fsp3) is 0.667. The average molecular weight is 316 g/mol. The predicted molar refractivity (Wildman–Crippen MR) is 73.7 cm³/mol. The van der Waals surface area contributed by atoms with Gasteiger partial charge in [-0.05, 0) is 40.6 Å². The summed E-state index contributed by atoms with van der Waals surface area (Å²) in [6, 6.07) is 0. The van der Waals surface area contributed by atoms with E-state index in [0.29, 0.717) is 29.2 Å². The molecule has 1 aliphatic rings. The lowest BCUT2D eigenvalue weighted by molar-refractivity contribution is 0.244. The standard InChI is InChI=1S/C12H18BrN3O2/c1-8(7-17)4-14-10-5-15-16(6-9-2-3-9)12(18)11(10)13/h5,8-9,14,17H,2-4,6-7H2,1H3. The first-order valence-corrected chi connectivity index (χ1v) is 7.01. The average Bonchev–Trinajstić information content (AvgIpc) is 3.17. The SMILES string of the molecule is CC(CO)CNc1cnn(CC2CC2)c(=O)c1Br. The van der Waals surface area contributed by atoms with Crippen molar-refractivity contribution in [3.63, 3.8) is 0 Å². The Morgan fingerprint density at radius 2 is 2.39 bits per heavy atom. The molecule has 5 nitrogen and oxygen atoms in total. The Kier molecular flexibility index (Phi) is 4.40. The molecule has 1 heterocycles. The lowest BCUT2D eigenvalue weighted by atomic mass is 10.2. The zero-order valence-electron chi connectivity index (χ0n) is 10.4. The molecule has 1 aromatic heterocycles. The molecular formula is C12H18BrN3O2. The van der Waals surface area contributed by atoms with Crippen LogP contribution in [0.5, 0.6) is 0 Å². The third kappa shape index (κ3) is 3.32. The number of hydrogen-bond acceptors (Lipinski definition) is 4. The second kappa shape index (κ2) is 5.84. The van der Waals surface area contributed by atoms with Gasteiger partial charge < -0.3 is 10.4 Å². The van der Waals surface area contributed by atoms with Crippen molar-refractivity contribution in [2.24, 2.45) is 11.8 Å².